The zero-order valence-electron chi connectivity index (χ0n) is 73.1. The maximum Gasteiger partial charge on any atom is 0.0886 e. The number of fused-ring (bicyclic) bond motifs is 9. The number of hydrogen-bond donors (Lipinski definition) is 0. The van der Waals surface area contributed by atoms with E-state index in [1.54, 1.807) is 34.6 Å². The minimum Gasteiger partial charge on any atom is -0.264 e. The Bertz CT molecular complexity index is 3690. The van der Waals surface area contributed by atoms with Crippen LogP contribution in [0.5, 0.6) is 0 Å². The monoisotopic (exact) mass is 1660 g/mol. The zero-order chi connectivity index (χ0) is 84.1. The summed E-state index contributed by atoms with van der Waals surface area (Å²) in [5.41, 5.74) is 9.23. The number of hydrogen-bond acceptors (Lipinski definition) is 4. The summed E-state index contributed by atoms with van der Waals surface area (Å²) in [7, 11) is 0. The first kappa shape index (κ1) is 132. The smallest absolute Gasteiger partial charge is 0.0886 e. The van der Waals surface area contributed by atoms with E-state index in [-0.39, 0.29) is 66.8 Å². The van der Waals surface area contributed by atoms with Gasteiger partial charge in [0, 0.05) is 36.4 Å². The lowest BCUT2D eigenvalue weighted by atomic mass is 10.1. The number of aryl methyl sites for hydroxylation is 4. The van der Waals surface area contributed by atoms with Gasteiger partial charge in [0.25, 0.3) is 0 Å². The van der Waals surface area contributed by atoms with Gasteiger partial charge in [0.2, 0.25) is 0 Å². The van der Waals surface area contributed by atoms with Crippen molar-refractivity contribution in [2.45, 2.75) is 244 Å². The highest BCUT2D eigenvalue weighted by atomic mass is 14.8. The zero-order valence-corrected chi connectivity index (χ0v) is 73.1. The number of aromatic nitrogens is 4. The first-order valence-electron chi connectivity index (χ1n) is 42.3. The van der Waals surface area contributed by atoms with E-state index in [4.69, 9.17) is 0 Å². The van der Waals surface area contributed by atoms with Gasteiger partial charge in [-0.2, -0.15) is 0 Å². The normalized spacial score (nSPS) is 8.85. The number of para-hydroxylation sites is 3. The summed E-state index contributed by atoms with van der Waals surface area (Å²) in [6.45, 7) is 40.0. The van der Waals surface area contributed by atoms with E-state index in [0.717, 1.165) is 16.6 Å². The van der Waals surface area contributed by atoms with Crippen LogP contribution in [-0.2, 0) is 25.7 Å². The largest absolute Gasteiger partial charge is 0.264 e. The van der Waals surface area contributed by atoms with Crippen LogP contribution >= 0.6 is 0 Å². The van der Waals surface area contributed by atoms with Gasteiger partial charge in [0.15, 0.2) is 0 Å². The summed E-state index contributed by atoms with van der Waals surface area (Å²) < 4.78 is 0. The number of nitrogens with zero attached hydrogens (tertiary/aromatic N) is 4. The minimum absolute atomic E-state index is 0. The van der Waals surface area contributed by atoms with Gasteiger partial charge < -0.3 is 0 Å². The molecule has 4 heteroatoms. The maximum atomic E-state index is 4.18. The summed E-state index contributed by atoms with van der Waals surface area (Å²) in [5.74, 6) is 0. The van der Waals surface area contributed by atoms with Crippen molar-refractivity contribution in [3.63, 3.8) is 0 Å². The van der Waals surface area contributed by atoms with Crippen molar-refractivity contribution < 1.29 is 0 Å². The van der Waals surface area contributed by atoms with Gasteiger partial charge >= 0.3 is 0 Å². The van der Waals surface area contributed by atoms with Crippen LogP contribution < -0.4 is 0 Å². The van der Waals surface area contributed by atoms with Crippen LogP contribution in [0.2, 0.25) is 0 Å². The van der Waals surface area contributed by atoms with E-state index in [2.05, 4.69) is 287 Å². The molecule has 0 N–H and O–H groups in total. The molecule has 670 valence electrons. The predicted molar refractivity (Wildman–Crippen MR) is 576 cm³/mol. The highest BCUT2D eigenvalue weighted by Crippen LogP contribution is 2.22. The van der Waals surface area contributed by atoms with Crippen LogP contribution in [0.25, 0.3) is 75.8 Å². The molecule has 123 heavy (non-hydrogen) atoms. The van der Waals surface area contributed by atoms with Crippen molar-refractivity contribution in [3.8, 4) is 0 Å². The first-order chi connectivity index (χ1) is 56.7. The van der Waals surface area contributed by atoms with Crippen LogP contribution in [0.1, 0.15) is 240 Å². The molecule has 0 amide bonds. The lowest BCUT2D eigenvalue weighted by Crippen LogP contribution is -1.78. The van der Waals surface area contributed by atoms with Gasteiger partial charge in [-0.05, 0) is 145 Å². The quantitative estimate of drug-likeness (QED) is 0.152. The van der Waals surface area contributed by atoms with E-state index in [1.165, 1.54) is 97.8 Å². The highest BCUT2D eigenvalue weighted by molar-refractivity contribution is 5.85. The summed E-state index contributed by atoms with van der Waals surface area (Å²) in [5, 5.41) is 14.1. The summed E-state index contributed by atoms with van der Waals surface area (Å²) >= 11 is 0. The second-order valence-corrected chi connectivity index (χ2v) is 22.3. The molecule has 14 aromatic carbocycles. The van der Waals surface area contributed by atoms with E-state index >= 15 is 0 Å². The van der Waals surface area contributed by atoms with Crippen molar-refractivity contribution in [1.82, 2.24) is 19.9 Å². The molecule has 0 saturated heterocycles. The fraction of sp³-hybridized carbons (Fsp3) is 0.294. The fourth-order valence-electron chi connectivity index (χ4n) is 10.9. The standard InChI is InChI=1S/4C10H8.2C9H7N.2C9H10.C8H6N2.C6H6.10C2H6.9CH4/c4*1-2-6-10-8-4-3-7-9(10)5-1;1-2-6-9-8(4-1)5-3-7-10-9;1-2-4-9-7-10-6-5-8(9)3-1;2*1-2-5-9-7-3-6-8(9)4-1;1-2-4-8-7(3-1)9-5-6-10-8;1-2-4-6-5-3-1;10*1-2;;;;;;;;;/h4*1-8H;2*1-7H;2*1-2,4-5H,3,6-7H2;1-6H;1-6H;10*1-2H3;9*1H4. The van der Waals surface area contributed by atoms with Crippen molar-refractivity contribution in [3.05, 3.63) is 423 Å². The molecule has 0 bridgehead atoms. The third-order valence-corrected chi connectivity index (χ3v) is 15.8. The molecular weight excluding hydrogens is 1490 g/mol. The molecule has 0 spiro atoms. The Hall–Kier alpha value is -11.7. The lowest BCUT2D eigenvalue weighted by molar-refractivity contribution is 0.912. The maximum absolute atomic E-state index is 4.18. The molecule has 0 saturated carbocycles. The summed E-state index contributed by atoms with van der Waals surface area (Å²) in [6, 6.07) is 126. The fourth-order valence-corrected chi connectivity index (χ4v) is 10.9. The van der Waals surface area contributed by atoms with E-state index in [9.17, 15) is 0 Å². The second-order valence-electron chi connectivity index (χ2n) is 22.3. The number of rotatable bonds is 0. The van der Waals surface area contributed by atoms with Gasteiger partial charge in [-0.1, -0.05) is 545 Å². The van der Waals surface area contributed by atoms with Crippen molar-refractivity contribution in [1.29, 1.82) is 0 Å². The van der Waals surface area contributed by atoms with Gasteiger partial charge in [0.1, 0.15) is 0 Å². The Morgan fingerprint density at radius 1 is 0.146 bits per heavy atom. The molecule has 0 radical (unpaired) electrons. The van der Waals surface area contributed by atoms with Gasteiger partial charge in [0.05, 0.1) is 16.6 Å². The molecule has 2 aliphatic rings. The van der Waals surface area contributed by atoms with Crippen molar-refractivity contribution in [2.75, 3.05) is 0 Å². The van der Waals surface area contributed by atoms with E-state index in [0.29, 0.717) is 0 Å². The van der Waals surface area contributed by atoms with Crippen molar-refractivity contribution >= 4 is 75.8 Å². The van der Waals surface area contributed by atoms with Gasteiger partial charge in [-0.25, -0.2) is 0 Å². The highest BCUT2D eigenvalue weighted by Gasteiger charge is 2.08. The van der Waals surface area contributed by atoms with Crippen LogP contribution in [0.4, 0.5) is 0 Å². The Morgan fingerprint density at radius 3 is 0.537 bits per heavy atom. The molecule has 4 nitrogen and oxygen atoms in total. The Kier molecular flexibility index (Phi) is 101. The van der Waals surface area contributed by atoms with Crippen LogP contribution in [0, 0.1) is 0 Å². The SMILES string of the molecule is C.C.C.C.C.C.C.C.C.CC.CC.CC.CC.CC.CC.CC.CC.CC.CC.c1ccc2c(c1)CCC2.c1ccc2c(c1)CCC2.c1ccc2ccccc2c1.c1ccc2ccccc2c1.c1ccc2ccccc2c1.c1ccc2ccccc2c1.c1ccc2cnccc2c1.c1ccc2ncccc2c1.c1ccc2nccnc2c1.c1ccccc1. The third-order valence-electron chi connectivity index (χ3n) is 15.8. The molecule has 3 heterocycles. The first-order valence-corrected chi connectivity index (χ1v) is 42.3. The molecule has 3 aromatic heterocycles. The third kappa shape index (κ3) is 54.3. The lowest BCUT2D eigenvalue weighted by Gasteiger charge is -1.93. The Morgan fingerprint density at radius 2 is 0.317 bits per heavy atom. The average molecular weight is 1660 g/mol. The van der Waals surface area contributed by atoms with E-state index < -0.39 is 0 Å². The van der Waals surface area contributed by atoms with Crippen molar-refractivity contribution in [2.24, 2.45) is 0 Å². The molecule has 19 rings (SSSR count). The van der Waals surface area contributed by atoms with Crippen LogP contribution in [-0.4, -0.2) is 19.9 Å². The Labute approximate surface area is 758 Å². The van der Waals surface area contributed by atoms with Crippen LogP contribution in [0.3, 0.4) is 0 Å². The average Bonchev–Trinajstić information content (AvgIpc) is 1.44. The minimum atomic E-state index is 0. The molecule has 17 aromatic rings. The molecule has 0 atom stereocenters. The topological polar surface area (TPSA) is 51.6 Å². The predicted octanol–water partition coefficient (Wildman–Crippen LogP) is 39.5. The molecule has 0 unspecified atom stereocenters. The molecular formula is C119H174N4. The molecule has 2 aliphatic carbocycles. The van der Waals surface area contributed by atoms with Gasteiger partial charge in [-0.15, -0.1) is 0 Å². The summed E-state index contributed by atoms with van der Waals surface area (Å²) in [6.07, 6.45) is 16.8. The number of pyridine rings is 2. The summed E-state index contributed by atoms with van der Waals surface area (Å²) in [4.78, 5) is 16.4. The van der Waals surface area contributed by atoms with E-state index in [1.807, 2.05) is 260 Å². The van der Waals surface area contributed by atoms with Crippen LogP contribution in [0.15, 0.2) is 401 Å². The van der Waals surface area contributed by atoms with Gasteiger partial charge in [-0.3, -0.25) is 19.9 Å². The number of benzene rings is 14. The molecule has 0 fully saturated rings. The second kappa shape index (κ2) is 94.1. The molecule has 0 aliphatic heterocycles. The Balaban J connectivity index is -0.000000140.